The smallest absolute Gasteiger partial charge is 0.337 e. The first-order valence-electron chi connectivity index (χ1n) is 6.64. The van der Waals surface area contributed by atoms with Gasteiger partial charge in [0.05, 0.1) is 37.1 Å². The van der Waals surface area contributed by atoms with E-state index >= 15 is 0 Å². The Kier molecular flexibility index (Phi) is 4.77. The fraction of sp³-hybridized carbons (Fsp3) is 0.429. The number of anilines is 1. The normalized spacial score (nSPS) is 18.4. The summed E-state index contributed by atoms with van der Waals surface area (Å²) in [7, 11) is 0. The number of nitrogens with zero attached hydrogens (tertiary/aromatic N) is 1. The van der Waals surface area contributed by atoms with E-state index in [1.54, 1.807) is 19.1 Å². The molecule has 1 saturated heterocycles. The molecule has 1 fully saturated rings. The Labute approximate surface area is 122 Å². The van der Waals surface area contributed by atoms with Gasteiger partial charge < -0.3 is 25.2 Å². The van der Waals surface area contributed by atoms with E-state index in [9.17, 15) is 14.7 Å². The Bertz CT molecular complexity index is 546. The molecule has 3 N–H and O–H groups in total. The second-order valence-electron chi connectivity index (χ2n) is 4.85. The number of carboxylic acid groups (broad SMARTS) is 1. The summed E-state index contributed by atoms with van der Waals surface area (Å²) in [5, 5.41) is 20.9. The minimum atomic E-state index is -1.09. The number of ether oxygens (including phenoxy) is 1. The van der Waals surface area contributed by atoms with Crippen molar-refractivity contribution in [2.45, 2.75) is 13.0 Å². The molecular weight excluding hydrogens is 276 g/mol. The second kappa shape index (κ2) is 6.55. The molecule has 2 rings (SSSR count). The number of para-hydroxylation sites is 1. The Balaban J connectivity index is 2.14. The van der Waals surface area contributed by atoms with Crippen LogP contribution in [-0.4, -0.2) is 59.5 Å². The van der Waals surface area contributed by atoms with Gasteiger partial charge >= 0.3 is 12.0 Å². The number of carbonyl (C=O) groups is 2. The first kappa shape index (κ1) is 15.3. The molecule has 0 saturated carbocycles. The zero-order valence-corrected chi connectivity index (χ0v) is 11.7. The van der Waals surface area contributed by atoms with Crippen LogP contribution in [0.15, 0.2) is 18.2 Å². The van der Waals surface area contributed by atoms with Crippen molar-refractivity contribution in [3.63, 3.8) is 0 Å². The van der Waals surface area contributed by atoms with Gasteiger partial charge in [-0.05, 0) is 18.6 Å². The van der Waals surface area contributed by atoms with E-state index in [4.69, 9.17) is 9.84 Å². The molecule has 1 aromatic rings. The summed E-state index contributed by atoms with van der Waals surface area (Å²) >= 11 is 0. The standard InChI is InChI=1S/C14H18N2O5/c1-9-3-2-4-11(13(18)19)12(9)15-14(20)16-5-6-21-10(7-16)8-17/h2-4,10,17H,5-8H2,1H3,(H,15,20)(H,18,19). The first-order valence-corrected chi connectivity index (χ1v) is 6.64. The molecule has 0 bridgehead atoms. The topological polar surface area (TPSA) is 99.1 Å². The van der Waals surface area contributed by atoms with Crippen molar-refractivity contribution in [2.75, 3.05) is 31.6 Å². The summed E-state index contributed by atoms with van der Waals surface area (Å²) in [6, 6.07) is 4.41. The molecule has 114 valence electrons. The third-order valence-electron chi connectivity index (χ3n) is 3.36. The number of aryl methyl sites for hydroxylation is 1. The van der Waals surface area contributed by atoms with Gasteiger partial charge in [-0.1, -0.05) is 12.1 Å². The van der Waals surface area contributed by atoms with Gasteiger partial charge in [-0.3, -0.25) is 0 Å². The van der Waals surface area contributed by atoms with Crippen LogP contribution in [0.5, 0.6) is 0 Å². The Morgan fingerprint density at radius 2 is 2.24 bits per heavy atom. The number of amides is 2. The molecule has 0 spiro atoms. The maximum Gasteiger partial charge on any atom is 0.337 e. The largest absolute Gasteiger partial charge is 0.478 e. The highest BCUT2D eigenvalue weighted by Gasteiger charge is 2.25. The molecule has 1 heterocycles. The highest BCUT2D eigenvalue weighted by atomic mass is 16.5. The van der Waals surface area contributed by atoms with E-state index in [1.807, 2.05) is 0 Å². The van der Waals surface area contributed by atoms with Crippen molar-refractivity contribution in [1.82, 2.24) is 4.90 Å². The molecule has 21 heavy (non-hydrogen) atoms. The summed E-state index contributed by atoms with van der Waals surface area (Å²) in [5.41, 5.74) is 1.02. The third kappa shape index (κ3) is 3.50. The molecule has 7 nitrogen and oxygen atoms in total. The van der Waals surface area contributed by atoms with E-state index in [1.165, 1.54) is 11.0 Å². The summed E-state index contributed by atoms with van der Waals surface area (Å²) < 4.78 is 5.28. The Hall–Kier alpha value is -2.12. The first-order chi connectivity index (χ1) is 10.0. The summed E-state index contributed by atoms with van der Waals surface area (Å²) in [6.45, 7) is 2.60. The summed E-state index contributed by atoms with van der Waals surface area (Å²) in [6.07, 6.45) is -0.402. The van der Waals surface area contributed by atoms with Gasteiger partial charge in [0.2, 0.25) is 0 Å². The summed E-state index contributed by atoms with van der Waals surface area (Å²) in [4.78, 5) is 25.0. The molecule has 1 aliphatic heterocycles. The lowest BCUT2D eigenvalue weighted by Gasteiger charge is -2.32. The number of hydrogen-bond acceptors (Lipinski definition) is 4. The van der Waals surface area contributed by atoms with Crippen LogP contribution in [0.1, 0.15) is 15.9 Å². The van der Waals surface area contributed by atoms with Gasteiger partial charge in [-0.25, -0.2) is 9.59 Å². The number of urea groups is 1. The van der Waals surface area contributed by atoms with E-state index in [2.05, 4.69) is 5.32 Å². The van der Waals surface area contributed by atoms with Crippen molar-refractivity contribution >= 4 is 17.7 Å². The van der Waals surface area contributed by atoms with Crippen molar-refractivity contribution < 1.29 is 24.5 Å². The van der Waals surface area contributed by atoms with Crippen LogP contribution in [0.2, 0.25) is 0 Å². The summed E-state index contributed by atoms with van der Waals surface area (Å²) in [5.74, 6) is -1.09. The van der Waals surface area contributed by atoms with Crippen LogP contribution in [0.4, 0.5) is 10.5 Å². The zero-order valence-electron chi connectivity index (χ0n) is 11.7. The molecule has 1 atom stereocenters. The molecule has 0 aliphatic carbocycles. The molecule has 1 aromatic carbocycles. The number of hydrogen-bond donors (Lipinski definition) is 3. The fourth-order valence-corrected chi connectivity index (χ4v) is 2.21. The maximum atomic E-state index is 12.2. The number of aromatic carboxylic acids is 1. The number of carbonyl (C=O) groups excluding carboxylic acids is 1. The van der Waals surface area contributed by atoms with Crippen LogP contribution in [0.3, 0.4) is 0 Å². The van der Waals surface area contributed by atoms with Gasteiger partial charge in [-0.15, -0.1) is 0 Å². The Morgan fingerprint density at radius 3 is 2.90 bits per heavy atom. The predicted molar refractivity (Wildman–Crippen MR) is 75.6 cm³/mol. The van der Waals surface area contributed by atoms with Gasteiger partial charge in [-0.2, -0.15) is 0 Å². The van der Waals surface area contributed by atoms with E-state index in [0.717, 1.165) is 0 Å². The van der Waals surface area contributed by atoms with Gasteiger partial charge in [0, 0.05) is 6.54 Å². The number of carboxylic acids is 1. The lowest BCUT2D eigenvalue weighted by molar-refractivity contribution is -0.0388. The zero-order chi connectivity index (χ0) is 15.4. The highest BCUT2D eigenvalue weighted by molar-refractivity contribution is 6.01. The van der Waals surface area contributed by atoms with Gasteiger partial charge in [0.15, 0.2) is 0 Å². The molecule has 2 amide bonds. The molecule has 7 heteroatoms. The minimum absolute atomic E-state index is 0.0512. The maximum absolute atomic E-state index is 12.2. The SMILES string of the molecule is Cc1cccc(C(=O)O)c1NC(=O)N1CCOC(CO)C1. The monoisotopic (exact) mass is 294 g/mol. The minimum Gasteiger partial charge on any atom is -0.478 e. The van der Waals surface area contributed by atoms with E-state index in [0.29, 0.717) is 24.4 Å². The van der Waals surface area contributed by atoms with Crippen LogP contribution in [0, 0.1) is 6.92 Å². The van der Waals surface area contributed by atoms with Crippen LogP contribution < -0.4 is 5.32 Å². The Morgan fingerprint density at radius 1 is 1.48 bits per heavy atom. The second-order valence-corrected chi connectivity index (χ2v) is 4.85. The van der Waals surface area contributed by atoms with Crippen LogP contribution >= 0.6 is 0 Å². The third-order valence-corrected chi connectivity index (χ3v) is 3.36. The van der Waals surface area contributed by atoms with Gasteiger partial charge in [0.1, 0.15) is 0 Å². The van der Waals surface area contributed by atoms with Crippen molar-refractivity contribution in [3.8, 4) is 0 Å². The van der Waals surface area contributed by atoms with Crippen molar-refractivity contribution in [3.05, 3.63) is 29.3 Å². The lowest BCUT2D eigenvalue weighted by atomic mass is 10.1. The van der Waals surface area contributed by atoms with Crippen molar-refractivity contribution in [2.24, 2.45) is 0 Å². The molecule has 1 aliphatic rings. The highest BCUT2D eigenvalue weighted by Crippen LogP contribution is 2.21. The van der Waals surface area contributed by atoms with E-state index in [-0.39, 0.29) is 18.7 Å². The van der Waals surface area contributed by atoms with Crippen LogP contribution in [-0.2, 0) is 4.74 Å². The molecule has 0 aromatic heterocycles. The van der Waals surface area contributed by atoms with Crippen molar-refractivity contribution in [1.29, 1.82) is 0 Å². The number of morpholine rings is 1. The predicted octanol–water partition coefficient (Wildman–Crippen LogP) is 0.918. The lowest BCUT2D eigenvalue weighted by Crippen LogP contribution is -2.48. The molecule has 1 unspecified atom stereocenters. The number of rotatable bonds is 3. The number of benzene rings is 1. The number of aliphatic hydroxyl groups excluding tert-OH is 1. The molecule has 0 radical (unpaired) electrons. The van der Waals surface area contributed by atoms with Crippen LogP contribution in [0.25, 0.3) is 0 Å². The average molecular weight is 294 g/mol. The fourth-order valence-electron chi connectivity index (χ4n) is 2.21. The van der Waals surface area contributed by atoms with Gasteiger partial charge in [0.25, 0.3) is 0 Å². The molecular formula is C14H18N2O5. The number of aliphatic hydroxyl groups is 1. The number of nitrogens with one attached hydrogen (secondary N) is 1. The van der Waals surface area contributed by atoms with E-state index < -0.39 is 18.1 Å². The quantitative estimate of drug-likeness (QED) is 0.770. The average Bonchev–Trinajstić information content (AvgIpc) is 2.49.